The predicted octanol–water partition coefficient (Wildman–Crippen LogP) is 3.49. The average molecular weight is 415 g/mol. The maximum Gasteiger partial charge on any atom is 0.0377 e. The van der Waals surface area contributed by atoms with Crippen molar-refractivity contribution in [3.8, 4) is 0 Å². The number of rotatable bonds is 3. The van der Waals surface area contributed by atoms with E-state index in [2.05, 4.69) is 57.1 Å². The summed E-state index contributed by atoms with van der Waals surface area (Å²) >= 11 is 2.38. The summed E-state index contributed by atoms with van der Waals surface area (Å²) in [4.78, 5) is 2.68. The molecule has 108 valence electrons. The molecule has 19 heavy (non-hydrogen) atoms. The molecule has 0 aromatic heterocycles. The van der Waals surface area contributed by atoms with Gasteiger partial charge in [-0.3, -0.25) is 4.90 Å². The number of nitrogens with zero attached hydrogens (tertiary/aromatic N) is 1. The van der Waals surface area contributed by atoms with E-state index >= 15 is 0 Å². The summed E-state index contributed by atoms with van der Waals surface area (Å²) in [5.41, 5.74) is 1.52. The summed E-state index contributed by atoms with van der Waals surface area (Å²) in [5.74, 6) is 0.910. The normalized spacial score (nSPS) is 21.1. The third-order valence-corrected chi connectivity index (χ3v) is 4.54. The molecule has 1 saturated carbocycles. The molecule has 0 bridgehead atoms. The lowest BCUT2D eigenvalue weighted by atomic mass is 10.00. The van der Waals surface area contributed by atoms with Crippen molar-refractivity contribution in [2.24, 2.45) is 5.92 Å². The number of halogens is 3. The molecule has 1 heterocycles. The first kappa shape index (κ1) is 17.5. The molecule has 0 spiro atoms. The Morgan fingerprint density at radius 1 is 1.05 bits per heavy atom. The van der Waals surface area contributed by atoms with Crippen molar-refractivity contribution in [3.05, 3.63) is 33.4 Å². The summed E-state index contributed by atoms with van der Waals surface area (Å²) in [5, 5.41) is 3.45. The van der Waals surface area contributed by atoms with E-state index in [1.807, 2.05) is 0 Å². The maximum atomic E-state index is 3.45. The lowest BCUT2D eigenvalue weighted by Gasteiger charge is -2.35. The lowest BCUT2D eigenvalue weighted by molar-refractivity contribution is 0.156. The molecule has 1 aromatic rings. The fourth-order valence-electron chi connectivity index (χ4n) is 2.81. The molecule has 2 nitrogen and oxygen atoms in total. The molecule has 1 saturated heterocycles. The Balaban J connectivity index is 0.000000902. The van der Waals surface area contributed by atoms with Crippen LogP contribution in [-0.2, 0) is 0 Å². The van der Waals surface area contributed by atoms with Gasteiger partial charge in [0.25, 0.3) is 0 Å². The minimum Gasteiger partial charge on any atom is -0.314 e. The molecule has 1 N–H and O–H groups in total. The predicted molar refractivity (Wildman–Crippen MR) is 93.6 cm³/mol. The van der Waals surface area contributed by atoms with Crippen molar-refractivity contribution in [3.63, 3.8) is 0 Å². The minimum absolute atomic E-state index is 0. The number of benzene rings is 1. The molecule has 5 heteroatoms. The van der Waals surface area contributed by atoms with Crippen molar-refractivity contribution < 1.29 is 0 Å². The molecule has 3 rings (SSSR count). The van der Waals surface area contributed by atoms with Crippen molar-refractivity contribution in [1.29, 1.82) is 0 Å². The van der Waals surface area contributed by atoms with Gasteiger partial charge in [-0.25, -0.2) is 0 Å². The largest absolute Gasteiger partial charge is 0.314 e. The molecule has 1 aliphatic carbocycles. The van der Waals surface area contributed by atoms with Gasteiger partial charge >= 0.3 is 0 Å². The molecule has 1 atom stereocenters. The molecule has 0 amide bonds. The van der Waals surface area contributed by atoms with E-state index in [1.165, 1.54) is 35.1 Å². The zero-order valence-electron chi connectivity index (χ0n) is 10.8. The summed E-state index contributed by atoms with van der Waals surface area (Å²) < 4.78 is 1.33. The van der Waals surface area contributed by atoms with Crippen molar-refractivity contribution in [2.45, 2.75) is 18.9 Å². The van der Waals surface area contributed by atoms with Crippen LogP contribution in [0.15, 0.2) is 24.3 Å². The quantitative estimate of drug-likeness (QED) is 0.761. The van der Waals surface area contributed by atoms with Gasteiger partial charge in [-0.2, -0.15) is 0 Å². The molecular weight excluding hydrogens is 394 g/mol. The fourth-order valence-corrected chi connectivity index (χ4v) is 3.17. The second-order valence-electron chi connectivity index (χ2n) is 5.12. The second kappa shape index (κ2) is 8.03. The van der Waals surface area contributed by atoms with Crippen LogP contribution in [0.25, 0.3) is 0 Å². The Labute approximate surface area is 141 Å². The molecule has 2 aliphatic rings. The molecule has 1 aliphatic heterocycles. The highest BCUT2D eigenvalue weighted by molar-refractivity contribution is 14.1. The minimum atomic E-state index is 0. The summed E-state index contributed by atoms with van der Waals surface area (Å²) in [6, 6.07) is 9.81. The van der Waals surface area contributed by atoms with Crippen molar-refractivity contribution in [1.82, 2.24) is 10.2 Å². The Bertz CT molecular complexity index is 376. The van der Waals surface area contributed by atoms with E-state index in [-0.39, 0.29) is 24.8 Å². The standard InChI is InChI=1S/C14H19IN2.2ClH/c15-13-5-3-12(4-6-13)14(11-1-2-11)17-9-7-16-8-10-17;;/h3-6,11,14,16H,1-2,7-10H2;2*1H/t14-;;/m1../s1. The number of hydrogen-bond donors (Lipinski definition) is 1. The van der Waals surface area contributed by atoms with Gasteiger partial charge in [0.15, 0.2) is 0 Å². The van der Waals surface area contributed by atoms with E-state index in [4.69, 9.17) is 0 Å². The van der Waals surface area contributed by atoms with Gasteiger partial charge in [-0.05, 0) is 59.0 Å². The number of hydrogen-bond acceptors (Lipinski definition) is 2. The molecular formula is C14H21Cl2IN2. The zero-order chi connectivity index (χ0) is 11.7. The van der Waals surface area contributed by atoms with Crippen LogP contribution in [-0.4, -0.2) is 31.1 Å². The maximum absolute atomic E-state index is 3.45. The van der Waals surface area contributed by atoms with Crippen LogP contribution in [0, 0.1) is 9.49 Å². The highest BCUT2D eigenvalue weighted by Gasteiger charge is 2.36. The van der Waals surface area contributed by atoms with E-state index in [9.17, 15) is 0 Å². The first-order valence-corrected chi connectivity index (χ1v) is 7.63. The lowest BCUT2D eigenvalue weighted by Crippen LogP contribution is -2.45. The average Bonchev–Trinajstić information content (AvgIpc) is 3.18. The fraction of sp³-hybridized carbons (Fsp3) is 0.571. The smallest absolute Gasteiger partial charge is 0.0377 e. The van der Waals surface area contributed by atoms with Crippen LogP contribution < -0.4 is 5.32 Å². The summed E-state index contributed by atoms with van der Waals surface area (Å²) in [6.07, 6.45) is 2.83. The zero-order valence-corrected chi connectivity index (χ0v) is 14.6. The first-order chi connectivity index (χ1) is 8.34. The summed E-state index contributed by atoms with van der Waals surface area (Å²) in [6.45, 7) is 4.70. The number of piperazine rings is 1. The topological polar surface area (TPSA) is 15.3 Å². The first-order valence-electron chi connectivity index (χ1n) is 6.55. The van der Waals surface area contributed by atoms with Gasteiger partial charge in [-0.15, -0.1) is 24.8 Å². The molecule has 0 unspecified atom stereocenters. The van der Waals surface area contributed by atoms with Gasteiger partial charge in [0.2, 0.25) is 0 Å². The third-order valence-electron chi connectivity index (χ3n) is 3.83. The SMILES string of the molecule is Cl.Cl.Ic1ccc([C@@H](C2CC2)N2CCNCC2)cc1. The highest BCUT2D eigenvalue weighted by Crippen LogP contribution is 2.44. The van der Waals surface area contributed by atoms with Crippen molar-refractivity contribution >= 4 is 47.4 Å². The third kappa shape index (κ3) is 4.46. The molecule has 0 radical (unpaired) electrons. The monoisotopic (exact) mass is 414 g/mol. The van der Waals surface area contributed by atoms with E-state index in [0.29, 0.717) is 6.04 Å². The Morgan fingerprint density at radius 3 is 2.16 bits per heavy atom. The molecule has 1 aromatic carbocycles. The highest BCUT2D eigenvalue weighted by atomic mass is 127. The van der Waals surface area contributed by atoms with Gasteiger partial charge < -0.3 is 5.32 Å². The van der Waals surface area contributed by atoms with Crippen LogP contribution in [0.3, 0.4) is 0 Å². The van der Waals surface area contributed by atoms with Crippen LogP contribution in [0.5, 0.6) is 0 Å². The number of nitrogens with one attached hydrogen (secondary N) is 1. The Hall–Kier alpha value is 0.450. The Kier molecular flexibility index (Phi) is 7.40. The second-order valence-corrected chi connectivity index (χ2v) is 6.37. The van der Waals surface area contributed by atoms with Gasteiger partial charge in [0, 0.05) is 35.8 Å². The van der Waals surface area contributed by atoms with Crippen LogP contribution >= 0.6 is 47.4 Å². The van der Waals surface area contributed by atoms with E-state index in [1.54, 1.807) is 0 Å². The van der Waals surface area contributed by atoms with Gasteiger partial charge in [0.05, 0.1) is 0 Å². The van der Waals surface area contributed by atoms with E-state index < -0.39 is 0 Å². The van der Waals surface area contributed by atoms with Gasteiger partial charge in [-0.1, -0.05) is 12.1 Å². The molecule has 2 fully saturated rings. The van der Waals surface area contributed by atoms with E-state index in [0.717, 1.165) is 19.0 Å². The van der Waals surface area contributed by atoms with Crippen LogP contribution in [0.4, 0.5) is 0 Å². The Morgan fingerprint density at radius 2 is 1.63 bits per heavy atom. The summed E-state index contributed by atoms with van der Waals surface area (Å²) in [7, 11) is 0. The van der Waals surface area contributed by atoms with Gasteiger partial charge in [0.1, 0.15) is 0 Å². The van der Waals surface area contributed by atoms with Crippen LogP contribution in [0.2, 0.25) is 0 Å². The van der Waals surface area contributed by atoms with Crippen LogP contribution in [0.1, 0.15) is 24.4 Å². The van der Waals surface area contributed by atoms with Crippen molar-refractivity contribution in [2.75, 3.05) is 26.2 Å².